The lowest BCUT2D eigenvalue weighted by atomic mass is 10.0. The van der Waals surface area contributed by atoms with Crippen molar-refractivity contribution in [2.45, 2.75) is 25.4 Å². The fourth-order valence-corrected chi connectivity index (χ4v) is 5.95. The summed E-state index contributed by atoms with van der Waals surface area (Å²) < 4.78 is 1.88. The minimum Gasteiger partial charge on any atom is -0.306 e. The number of hydrogen-bond acceptors (Lipinski definition) is 5. The van der Waals surface area contributed by atoms with Crippen molar-refractivity contribution in [3.63, 3.8) is 0 Å². The minimum atomic E-state index is -0.0370. The van der Waals surface area contributed by atoms with Crippen molar-refractivity contribution in [2.75, 3.05) is 13.1 Å². The SMILES string of the molecule is N#Cc1ccc2nc(-c3ccc(CN4CCC(n5cc(-c6ccccc6)[nH]c5=O)CC4)cc3)c(-c3ccccc3)nc2c1. The molecule has 1 aliphatic rings. The maximum absolute atomic E-state index is 12.7. The first kappa shape index (κ1) is 26.6. The first-order valence-electron chi connectivity index (χ1n) is 14.6. The number of benzene rings is 4. The van der Waals surface area contributed by atoms with Gasteiger partial charge in [0.05, 0.1) is 39.7 Å². The molecule has 1 saturated heterocycles. The normalized spacial score (nSPS) is 14.1. The van der Waals surface area contributed by atoms with Crippen molar-refractivity contribution in [3.8, 4) is 39.8 Å². The summed E-state index contributed by atoms with van der Waals surface area (Å²) in [5.41, 5.74) is 8.74. The number of imidazole rings is 1. The van der Waals surface area contributed by atoms with E-state index in [1.165, 1.54) is 5.56 Å². The van der Waals surface area contributed by atoms with E-state index in [2.05, 4.69) is 40.2 Å². The van der Waals surface area contributed by atoms with E-state index >= 15 is 0 Å². The van der Waals surface area contributed by atoms with E-state index in [9.17, 15) is 10.1 Å². The van der Waals surface area contributed by atoms with E-state index < -0.39 is 0 Å². The van der Waals surface area contributed by atoms with Crippen LogP contribution < -0.4 is 5.69 Å². The topological polar surface area (TPSA) is 90.6 Å². The number of aromatic amines is 1. The van der Waals surface area contributed by atoms with Gasteiger partial charge in [0.25, 0.3) is 0 Å². The number of likely N-dealkylation sites (tertiary alicyclic amines) is 1. The van der Waals surface area contributed by atoms with Gasteiger partial charge in [0, 0.05) is 43.0 Å². The zero-order valence-electron chi connectivity index (χ0n) is 23.6. The van der Waals surface area contributed by atoms with E-state index in [1.807, 2.05) is 77.5 Å². The monoisotopic (exact) mass is 562 g/mol. The summed E-state index contributed by atoms with van der Waals surface area (Å²) in [6, 6.07) is 36.5. The Morgan fingerprint density at radius 3 is 2.07 bits per heavy atom. The maximum Gasteiger partial charge on any atom is 0.326 e. The summed E-state index contributed by atoms with van der Waals surface area (Å²) in [5, 5.41) is 9.36. The molecule has 1 N–H and O–H groups in total. The molecule has 0 bridgehead atoms. The number of nitrogens with zero attached hydrogens (tertiary/aromatic N) is 5. The summed E-state index contributed by atoms with van der Waals surface area (Å²) in [4.78, 5) is 28.2. The molecule has 7 nitrogen and oxygen atoms in total. The molecule has 1 aliphatic heterocycles. The number of aromatic nitrogens is 4. The van der Waals surface area contributed by atoms with Crippen LogP contribution in [0.15, 0.2) is 114 Å². The number of nitrogens with one attached hydrogen (secondary N) is 1. The lowest BCUT2D eigenvalue weighted by Crippen LogP contribution is -2.36. The molecule has 0 unspecified atom stereocenters. The van der Waals surface area contributed by atoms with Crippen molar-refractivity contribution in [1.29, 1.82) is 5.26 Å². The third kappa shape index (κ3) is 5.49. The number of piperidine rings is 1. The number of fused-ring (bicyclic) bond motifs is 1. The van der Waals surface area contributed by atoms with E-state index in [0.717, 1.165) is 71.8 Å². The Bertz CT molecular complexity index is 1980. The molecular formula is C36H30N6O. The number of nitriles is 1. The van der Waals surface area contributed by atoms with Crippen LogP contribution in [0, 0.1) is 11.3 Å². The molecule has 0 spiro atoms. The predicted molar refractivity (Wildman–Crippen MR) is 169 cm³/mol. The van der Waals surface area contributed by atoms with Crippen molar-refractivity contribution in [3.05, 3.63) is 131 Å². The summed E-state index contributed by atoms with van der Waals surface area (Å²) in [6.07, 6.45) is 3.84. The summed E-state index contributed by atoms with van der Waals surface area (Å²) >= 11 is 0. The predicted octanol–water partition coefficient (Wildman–Crippen LogP) is 6.83. The molecule has 43 heavy (non-hydrogen) atoms. The van der Waals surface area contributed by atoms with Crippen LogP contribution >= 0.6 is 0 Å². The van der Waals surface area contributed by atoms with Gasteiger partial charge in [-0.1, -0.05) is 84.9 Å². The highest BCUT2D eigenvalue weighted by molar-refractivity contribution is 5.86. The van der Waals surface area contributed by atoms with Crippen LogP contribution in [-0.4, -0.2) is 37.5 Å². The molecule has 2 aromatic heterocycles. The smallest absolute Gasteiger partial charge is 0.306 e. The molecule has 4 aromatic carbocycles. The first-order valence-corrected chi connectivity index (χ1v) is 14.6. The van der Waals surface area contributed by atoms with E-state index in [4.69, 9.17) is 9.97 Å². The molecule has 1 fully saturated rings. The molecule has 3 heterocycles. The van der Waals surface area contributed by atoms with Crippen LogP contribution in [0.1, 0.15) is 30.0 Å². The van der Waals surface area contributed by atoms with Crippen molar-refractivity contribution < 1.29 is 0 Å². The Balaban J connectivity index is 1.07. The Labute approximate surface area is 249 Å². The maximum atomic E-state index is 12.7. The molecule has 0 radical (unpaired) electrons. The highest BCUT2D eigenvalue weighted by Gasteiger charge is 2.23. The molecule has 6 aromatic rings. The Hall–Kier alpha value is -5.32. The largest absolute Gasteiger partial charge is 0.326 e. The Kier molecular flexibility index (Phi) is 7.12. The molecule has 0 amide bonds. The van der Waals surface area contributed by atoms with Gasteiger partial charge in [-0.05, 0) is 42.2 Å². The number of H-pyrrole nitrogens is 1. The second-order valence-electron chi connectivity index (χ2n) is 11.1. The average molecular weight is 563 g/mol. The minimum absolute atomic E-state index is 0.0370. The third-order valence-electron chi connectivity index (χ3n) is 8.25. The highest BCUT2D eigenvalue weighted by Crippen LogP contribution is 2.32. The number of hydrogen-bond donors (Lipinski definition) is 1. The average Bonchev–Trinajstić information content (AvgIpc) is 3.47. The van der Waals surface area contributed by atoms with Crippen LogP contribution in [0.4, 0.5) is 0 Å². The van der Waals surface area contributed by atoms with Gasteiger partial charge in [-0.2, -0.15) is 5.26 Å². The van der Waals surface area contributed by atoms with Crippen LogP contribution in [0.5, 0.6) is 0 Å². The Morgan fingerprint density at radius 2 is 1.40 bits per heavy atom. The lowest BCUT2D eigenvalue weighted by Gasteiger charge is -2.32. The van der Waals surface area contributed by atoms with Gasteiger partial charge in [-0.15, -0.1) is 0 Å². The third-order valence-corrected chi connectivity index (χ3v) is 8.25. The van der Waals surface area contributed by atoms with Crippen molar-refractivity contribution >= 4 is 11.0 Å². The molecule has 0 aliphatic carbocycles. The molecule has 7 rings (SSSR count). The highest BCUT2D eigenvalue weighted by atomic mass is 16.1. The molecule has 210 valence electrons. The summed E-state index contributed by atoms with van der Waals surface area (Å²) in [7, 11) is 0. The lowest BCUT2D eigenvalue weighted by molar-refractivity contribution is 0.178. The molecular weight excluding hydrogens is 532 g/mol. The van der Waals surface area contributed by atoms with E-state index in [1.54, 1.807) is 12.1 Å². The summed E-state index contributed by atoms with van der Waals surface area (Å²) in [6.45, 7) is 2.73. The van der Waals surface area contributed by atoms with Gasteiger partial charge in [0.1, 0.15) is 0 Å². The fourth-order valence-electron chi connectivity index (χ4n) is 5.95. The first-order chi connectivity index (χ1) is 21.1. The van der Waals surface area contributed by atoms with E-state index in [0.29, 0.717) is 11.1 Å². The second-order valence-corrected chi connectivity index (χ2v) is 11.1. The number of rotatable bonds is 6. The second kappa shape index (κ2) is 11.5. The van der Waals surface area contributed by atoms with E-state index in [-0.39, 0.29) is 11.7 Å². The van der Waals surface area contributed by atoms with Crippen LogP contribution in [0.25, 0.3) is 44.8 Å². The fraction of sp³-hybridized carbons (Fsp3) is 0.167. The van der Waals surface area contributed by atoms with Gasteiger partial charge in [-0.3, -0.25) is 9.47 Å². The molecule has 0 atom stereocenters. The van der Waals surface area contributed by atoms with Gasteiger partial charge in [0.2, 0.25) is 0 Å². The standard InChI is InChI=1S/C36H30N6O/c37-22-26-13-16-31-32(21-26)39-34(28-9-5-2-6-10-28)35(38-31)29-14-11-25(12-15-29)23-41-19-17-30(18-20-41)42-24-33(40-36(42)43)27-7-3-1-4-8-27/h1-16,21,24,30H,17-20,23H2,(H,40,43). The van der Waals surface area contributed by atoms with Crippen LogP contribution in [0.3, 0.4) is 0 Å². The van der Waals surface area contributed by atoms with Crippen molar-refractivity contribution in [1.82, 2.24) is 24.4 Å². The zero-order valence-corrected chi connectivity index (χ0v) is 23.6. The quantitative estimate of drug-likeness (QED) is 0.240. The van der Waals surface area contributed by atoms with Gasteiger partial charge >= 0.3 is 5.69 Å². The Morgan fingerprint density at radius 1 is 0.767 bits per heavy atom. The summed E-state index contributed by atoms with van der Waals surface area (Å²) in [5.74, 6) is 0. The molecule has 0 saturated carbocycles. The van der Waals surface area contributed by atoms with Gasteiger partial charge in [0.15, 0.2) is 0 Å². The van der Waals surface area contributed by atoms with Gasteiger partial charge < -0.3 is 4.98 Å². The zero-order chi connectivity index (χ0) is 29.2. The van der Waals surface area contributed by atoms with Gasteiger partial charge in [-0.25, -0.2) is 14.8 Å². The van der Waals surface area contributed by atoms with Crippen LogP contribution in [0.2, 0.25) is 0 Å². The van der Waals surface area contributed by atoms with Crippen LogP contribution in [-0.2, 0) is 6.54 Å². The molecule has 7 heteroatoms. The van der Waals surface area contributed by atoms with Crippen molar-refractivity contribution in [2.24, 2.45) is 0 Å².